The van der Waals surface area contributed by atoms with E-state index in [-0.39, 0.29) is 0 Å². The average molecular weight is 152 g/mol. The molecule has 0 rings (SSSR count). The van der Waals surface area contributed by atoms with Gasteiger partial charge in [0.1, 0.15) is 0 Å². The molecule has 0 aliphatic carbocycles. The molecule has 0 aliphatic rings. The maximum atomic E-state index is 5.37. The van der Waals surface area contributed by atoms with E-state index < -0.39 is 0 Å². The van der Waals surface area contributed by atoms with Crippen molar-refractivity contribution < 1.29 is 0 Å². The molecule has 0 aliphatic heterocycles. The lowest BCUT2D eigenvalue weighted by Gasteiger charge is -2.11. The van der Waals surface area contributed by atoms with E-state index in [1.54, 1.807) is 4.81 Å². The third-order valence-corrected chi connectivity index (χ3v) is 1.08. The maximum absolute atomic E-state index is 5.37. The van der Waals surface area contributed by atoms with Crippen LogP contribution in [0.25, 0.3) is 0 Å². The summed E-state index contributed by atoms with van der Waals surface area (Å²) in [5.41, 5.74) is 0. The molecule has 1 nitrogen and oxygen atoms in total. The van der Waals surface area contributed by atoms with Crippen LogP contribution in [0.4, 0.5) is 0 Å². The van der Waals surface area contributed by atoms with Crippen molar-refractivity contribution in [3.8, 4) is 0 Å². The van der Waals surface area contributed by atoms with Crippen molar-refractivity contribution >= 4 is 31.2 Å². The van der Waals surface area contributed by atoms with Crippen molar-refractivity contribution in [1.29, 1.82) is 0 Å². The van der Waals surface area contributed by atoms with Crippen LogP contribution in [0.3, 0.4) is 0 Å². The van der Waals surface area contributed by atoms with E-state index in [9.17, 15) is 0 Å². The molecule has 46 valence electrons. The summed E-state index contributed by atoms with van der Waals surface area (Å²) in [6, 6.07) is 0. The Hall–Kier alpha value is 0.605. The minimum Gasteiger partial charge on any atom is -0.351 e. The normalized spacial score (nSPS) is 10.4. The summed E-state index contributed by atoms with van der Waals surface area (Å²) in [5, 5.41) is 0. The SMILES string of the molecule is [B]N(CCCl)CCCl. The maximum Gasteiger partial charge on any atom is 0.182 e. The van der Waals surface area contributed by atoms with Gasteiger partial charge in [-0.25, -0.2) is 0 Å². The molecule has 0 N–H and O–H groups in total. The highest BCUT2D eigenvalue weighted by Crippen LogP contribution is 1.84. The summed E-state index contributed by atoms with van der Waals surface area (Å²) < 4.78 is 0. The lowest BCUT2D eigenvalue weighted by molar-refractivity contribution is 0.511. The lowest BCUT2D eigenvalue weighted by atomic mass is 10.3. The molecule has 0 fully saturated rings. The molecule has 0 unspecified atom stereocenters. The third kappa shape index (κ3) is 4.76. The zero-order valence-corrected chi connectivity index (χ0v) is 6.12. The van der Waals surface area contributed by atoms with Gasteiger partial charge >= 0.3 is 0 Å². The zero-order valence-electron chi connectivity index (χ0n) is 4.61. The molecule has 0 saturated heterocycles. The Labute approximate surface area is 61.4 Å². The van der Waals surface area contributed by atoms with Crippen molar-refractivity contribution in [2.75, 3.05) is 24.8 Å². The monoisotopic (exact) mass is 151 g/mol. The van der Waals surface area contributed by atoms with Crippen LogP contribution in [0, 0.1) is 0 Å². The second-order valence-corrected chi connectivity index (χ2v) is 2.17. The van der Waals surface area contributed by atoms with Gasteiger partial charge in [-0.3, -0.25) is 0 Å². The molecule has 0 spiro atoms. The summed E-state index contributed by atoms with van der Waals surface area (Å²) >= 11 is 10.7. The zero-order chi connectivity index (χ0) is 6.41. The fourth-order valence-corrected chi connectivity index (χ4v) is 0.763. The molecule has 8 heavy (non-hydrogen) atoms. The number of nitrogens with zero attached hydrogens (tertiary/aromatic N) is 1. The van der Waals surface area contributed by atoms with Crippen LogP contribution in [0.1, 0.15) is 0 Å². The highest BCUT2D eigenvalue weighted by Gasteiger charge is 1.91. The second-order valence-electron chi connectivity index (χ2n) is 1.41. The Kier molecular flexibility index (Phi) is 6.17. The molecule has 0 heterocycles. The summed E-state index contributed by atoms with van der Waals surface area (Å²) in [6.07, 6.45) is 0. The van der Waals surface area contributed by atoms with Gasteiger partial charge < -0.3 is 4.81 Å². The smallest absolute Gasteiger partial charge is 0.182 e. The highest BCUT2D eigenvalue weighted by molar-refractivity contribution is 6.19. The number of halogens is 2. The van der Waals surface area contributed by atoms with Gasteiger partial charge in [-0.2, -0.15) is 0 Å². The Balaban J connectivity index is 2.92. The Morgan fingerprint density at radius 3 is 1.75 bits per heavy atom. The van der Waals surface area contributed by atoms with Crippen molar-refractivity contribution in [2.24, 2.45) is 0 Å². The van der Waals surface area contributed by atoms with E-state index in [0.29, 0.717) is 24.8 Å². The Morgan fingerprint density at radius 2 is 1.50 bits per heavy atom. The van der Waals surface area contributed by atoms with E-state index in [0.717, 1.165) is 0 Å². The van der Waals surface area contributed by atoms with Gasteiger partial charge in [-0.05, 0) is 0 Å². The summed E-state index contributed by atoms with van der Waals surface area (Å²) in [4.78, 5) is 1.60. The van der Waals surface area contributed by atoms with Crippen molar-refractivity contribution in [3.63, 3.8) is 0 Å². The van der Waals surface area contributed by atoms with Crippen molar-refractivity contribution in [3.05, 3.63) is 0 Å². The van der Waals surface area contributed by atoms with Crippen LogP contribution >= 0.6 is 23.2 Å². The summed E-state index contributed by atoms with van der Waals surface area (Å²) in [6.45, 7) is 1.41. The first kappa shape index (κ1) is 8.60. The van der Waals surface area contributed by atoms with Gasteiger partial charge in [0.05, 0.1) is 0 Å². The molecule has 0 aromatic rings. The Bertz CT molecular complexity index is 47.3. The van der Waals surface area contributed by atoms with E-state index in [1.165, 1.54) is 0 Å². The van der Waals surface area contributed by atoms with Gasteiger partial charge in [0.25, 0.3) is 0 Å². The predicted octanol–water partition coefficient (Wildman–Crippen LogP) is 0.849. The van der Waals surface area contributed by atoms with Gasteiger partial charge in [0.2, 0.25) is 0 Å². The van der Waals surface area contributed by atoms with E-state index >= 15 is 0 Å². The highest BCUT2D eigenvalue weighted by atomic mass is 35.5. The molecular weight excluding hydrogens is 144 g/mol. The predicted molar refractivity (Wildman–Crippen MR) is 38.8 cm³/mol. The quantitative estimate of drug-likeness (QED) is 0.426. The van der Waals surface area contributed by atoms with Gasteiger partial charge in [0.15, 0.2) is 7.98 Å². The molecule has 0 amide bonds. The number of hydrogen-bond donors (Lipinski definition) is 0. The van der Waals surface area contributed by atoms with Crippen LogP contribution in [-0.2, 0) is 0 Å². The first-order chi connectivity index (χ1) is 3.81. The van der Waals surface area contributed by atoms with Crippen LogP contribution in [0.2, 0.25) is 0 Å². The van der Waals surface area contributed by atoms with Crippen LogP contribution in [0.15, 0.2) is 0 Å². The third-order valence-electron chi connectivity index (χ3n) is 0.743. The van der Waals surface area contributed by atoms with Gasteiger partial charge in [-0.15, -0.1) is 23.2 Å². The number of rotatable bonds is 4. The molecular formula is C4H8BCl2N. The average Bonchev–Trinajstić information content (AvgIpc) is 1.68. The second kappa shape index (κ2) is 5.74. The van der Waals surface area contributed by atoms with Crippen molar-refractivity contribution in [2.45, 2.75) is 0 Å². The summed E-state index contributed by atoms with van der Waals surface area (Å²) in [7, 11) is 5.36. The fourth-order valence-electron chi connectivity index (χ4n) is 0.329. The van der Waals surface area contributed by atoms with E-state index in [4.69, 9.17) is 31.2 Å². The minimum absolute atomic E-state index is 0.563. The molecule has 2 radical (unpaired) electrons. The largest absolute Gasteiger partial charge is 0.351 e. The fraction of sp³-hybridized carbons (Fsp3) is 1.00. The number of alkyl halides is 2. The van der Waals surface area contributed by atoms with Crippen LogP contribution in [0.5, 0.6) is 0 Å². The topological polar surface area (TPSA) is 3.24 Å². The van der Waals surface area contributed by atoms with Crippen LogP contribution in [-0.4, -0.2) is 37.6 Å². The molecule has 0 aromatic carbocycles. The lowest BCUT2D eigenvalue weighted by Crippen LogP contribution is -2.24. The molecule has 0 bridgehead atoms. The molecule has 4 heteroatoms. The first-order valence-electron chi connectivity index (χ1n) is 2.43. The van der Waals surface area contributed by atoms with E-state index in [2.05, 4.69) is 0 Å². The van der Waals surface area contributed by atoms with Gasteiger partial charge in [-0.1, -0.05) is 0 Å². The number of hydrogen-bond acceptors (Lipinski definition) is 1. The van der Waals surface area contributed by atoms with Crippen LogP contribution < -0.4 is 0 Å². The van der Waals surface area contributed by atoms with E-state index in [1.807, 2.05) is 0 Å². The molecule has 0 atom stereocenters. The summed E-state index contributed by atoms with van der Waals surface area (Å²) in [5.74, 6) is 1.13. The Morgan fingerprint density at radius 1 is 1.12 bits per heavy atom. The molecule has 0 saturated carbocycles. The molecule has 0 aromatic heterocycles. The minimum atomic E-state index is 0.563. The first-order valence-corrected chi connectivity index (χ1v) is 3.49. The standard InChI is InChI=1S/C4H8BCl2N/c5-8(3-1-6)4-2-7/h1-4H2. The van der Waals surface area contributed by atoms with Gasteiger partial charge in [0, 0.05) is 24.8 Å². The van der Waals surface area contributed by atoms with Crippen molar-refractivity contribution in [1.82, 2.24) is 4.81 Å².